The van der Waals surface area contributed by atoms with E-state index in [1.807, 2.05) is 0 Å². The summed E-state index contributed by atoms with van der Waals surface area (Å²) in [4.78, 5) is 3.87. The van der Waals surface area contributed by atoms with E-state index in [-0.39, 0.29) is 5.88 Å². The first-order chi connectivity index (χ1) is 6.58. The summed E-state index contributed by atoms with van der Waals surface area (Å²) in [5, 5.41) is 11.1. The lowest BCUT2D eigenvalue weighted by molar-refractivity contribution is 0.456. The zero-order valence-corrected chi connectivity index (χ0v) is 9.03. The van der Waals surface area contributed by atoms with E-state index in [4.69, 9.17) is 34.8 Å². The predicted octanol–water partition coefficient (Wildman–Crippen LogP) is 3.90. The average molecular weight is 248 g/mol. The van der Waals surface area contributed by atoms with Gasteiger partial charge in [-0.05, 0) is 12.1 Å². The van der Waals surface area contributed by atoms with Crippen molar-refractivity contribution in [2.75, 3.05) is 0 Å². The number of pyridine rings is 1. The third kappa shape index (κ3) is 1.61. The highest BCUT2D eigenvalue weighted by Gasteiger charge is 2.06. The molecule has 0 spiro atoms. The third-order valence-corrected chi connectivity index (χ3v) is 2.82. The van der Waals surface area contributed by atoms with Gasteiger partial charge in [0.05, 0.1) is 20.6 Å². The fraction of sp³-hybridized carbons (Fsp3) is 0. The molecule has 0 unspecified atom stereocenters. The smallest absolute Gasteiger partial charge is 0.212 e. The molecule has 2 nitrogen and oxygen atoms in total. The van der Waals surface area contributed by atoms with Crippen LogP contribution >= 0.6 is 34.8 Å². The standard InChI is InChI=1S/C9H4Cl3NO/c10-5-3-9(14)13-8-2-7(12)6(11)1-4(5)8/h1-3H,(H,13,14). The highest BCUT2D eigenvalue weighted by Crippen LogP contribution is 2.32. The second kappa shape index (κ2) is 3.46. The summed E-state index contributed by atoms with van der Waals surface area (Å²) < 4.78 is 0. The van der Waals surface area contributed by atoms with E-state index in [2.05, 4.69) is 4.98 Å². The minimum atomic E-state index is -0.138. The number of rotatable bonds is 0. The highest BCUT2D eigenvalue weighted by molar-refractivity contribution is 6.43. The van der Waals surface area contributed by atoms with Crippen LogP contribution in [0.25, 0.3) is 10.9 Å². The molecule has 72 valence electrons. The Morgan fingerprint density at radius 3 is 2.29 bits per heavy atom. The molecule has 0 atom stereocenters. The first-order valence-corrected chi connectivity index (χ1v) is 4.85. The first kappa shape index (κ1) is 9.84. The van der Waals surface area contributed by atoms with Crippen LogP contribution in [0.2, 0.25) is 15.1 Å². The molecule has 0 saturated heterocycles. The van der Waals surface area contributed by atoms with Crippen LogP contribution in [0.4, 0.5) is 0 Å². The number of hydrogen-bond acceptors (Lipinski definition) is 2. The summed E-state index contributed by atoms with van der Waals surface area (Å²) in [5.41, 5.74) is 0.518. The van der Waals surface area contributed by atoms with Crippen LogP contribution in [0.15, 0.2) is 18.2 Å². The maximum Gasteiger partial charge on any atom is 0.212 e. The summed E-state index contributed by atoms with van der Waals surface area (Å²) >= 11 is 17.5. The molecule has 0 fully saturated rings. The molecular weight excluding hydrogens is 244 g/mol. The Morgan fingerprint density at radius 2 is 1.57 bits per heavy atom. The van der Waals surface area contributed by atoms with Crippen LogP contribution in [-0.4, -0.2) is 10.1 Å². The minimum Gasteiger partial charge on any atom is -0.493 e. The number of hydrogen-bond donors (Lipinski definition) is 1. The van der Waals surface area contributed by atoms with Crippen molar-refractivity contribution in [2.45, 2.75) is 0 Å². The Hall–Kier alpha value is -0.700. The van der Waals surface area contributed by atoms with Gasteiger partial charge in [-0.2, -0.15) is 0 Å². The van der Waals surface area contributed by atoms with Crippen LogP contribution in [-0.2, 0) is 0 Å². The second-order valence-electron chi connectivity index (χ2n) is 2.75. The van der Waals surface area contributed by atoms with Crippen molar-refractivity contribution in [1.29, 1.82) is 0 Å². The van der Waals surface area contributed by atoms with Gasteiger partial charge < -0.3 is 5.11 Å². The topological polar surface area (TPSA) is 33.1 Å². The number of aromatic nitrogens is 1. The zero-order chi connectivity index (χ0) is 10.3. The number of benzene rings is 1. The lowest BCUT2D eigenvalue weighted by atomic mass is 10.2. The van der Waals surface area contributed by atoms with Gasteiger partial charge in [-0.3, -0.25) is 0 Å². The van der Waals surface area contributed by atoms with Crippen molar-refractivity contribution in [3.05, 3.63) is 33.3 Å². The summed E-state index contributed by atoms with van der Waals surface area (Å²) in [5.74, 6) is -0.138. The van der Waals surface area contributed by atoms with Crippen LogP contribution in [0.3, 0.4) is 0 Å². The summed E-state index contributed by atoms with van der Waals surface area (Å²) in [6, 6.07) is 4.53. The Balaban J connectivity index is 2.89. The number of halogens is 3. The molecule has 0 amide bonds. The summed E-state index contributed by atoms with van der Waals surface area (Å²) in [7, 11) is 0. The number of fused-ring (bicyclic) bond motifs is 1. The molecule has 1 aromatic heterocycles. The Labute approximate surface area is 95.0 Å². The zero-order valence-electron chi connectivity index (χ0n) is 6.76. The molecule has 2 aromatic rings. The lowest BCUT2D eigenvalue weighted by Gasteiger charge is -2.02. The Bertz CT molecular complexity index is 513. The van der Waals surface area contributed by atoms with Crippen LogP contribution < -0.4 is 0 Å². The molecule has 0 radical (unpaired) electrons. The van der Waals surface area contributed by atoms with E-state index in [1.165, 1.54) is 6.07 Å². The van der Waals surface area contributed by atoms with E-state index in [0.29, 0.717) is 26.0 Å². The highest BCUT2D eigenvalue weighted by atomic mass is 35.5. The van der Waals surface area contributed by atoms with Crippen LogP contribution in [0.5, 0.6) is 5.88 Å². The SMILES string of the molecule is Oc1cc(Cl)c2cc(Cl)c(Cl)cc2n1. The molecule has 1 aromatic carbocycles. The van der Waals surface area contributed by atoms with Crippen molar-refractivity contribution in [3.8, 4) is 5.88 Å². The summed E-state index contributed by atoms with van der Waals surface area (Å²) in [6.07, 6.45) is 0. The van der Waals surface area contributed by atoms with Gasteiger partial charge in [-0.25, -0.2) is 4.98 Å². The maximum atomic E-state index is 9.20. The van der Waals surface area contributed by atoms with E-state index in [0.717, 1.165) is 0 Å². The van der Waals surface area contributed by atoms with Crippen LogP contribution in [0.1, 0.15) is 0 Å². The Morgan fingerprint density at radius 1 is 0.929 bits per heavy atom. The quantitative estimate of drug-likeness (QED) is 0.767. The van der Waals surface area contributed by atoms with Gasteiger partial charge in [-0.1, -0.05) is 34.8 Å². The normalized spacial score (nSPS) is 10.8. The molecule has 0 bridgehead atoms. The van der Waals surface area contributed by atoms with Gasteiger partial charge in [0.2, 0.25) is 5.88 Å². The van der Waals surface area contributed by atoms with Crippen LogP contribution in [0, 0.1) is 0 Å². The van der Waals surface area contributed by atoms with Crippen molar-refractivity contribution in [3.63, 3.8) is 0 Å². The van der Waals surface area contributed by atoms with Gasteiger partial charge >= 0.3 is 0 Å². The minimum absolute atomic E-state index is 0.138. The number of aromatic hydroxyl groups is 1. The molecule has 2 rings (SSSR count). The van der Waals surface area contributed by atoms with Crippen molar-refractivity contribution < 1.29 is 5.11 Å². The molecule has 1 N–H and O–H groups in total. The molecule has 0 saturated carbocycles. The molecule has 1 heterocycles. The monoisotopic (exact) mass is 247 g/mol. The van der Waals surface area contributed by atoms with Crippen molar-refractivity contribution in [1.82, 2.24) is 4.98 Å². The van der Waals surface area contributed by atoms with Gasteiger partial charge in [0.25, 0.3) is 0 Å². The van der Waals surface area contributed by atoms with Gasteiger partial charge in [0.1, 0.15) is 0 Å². The molecule has 0 aliphatic rings. The molecular formula is C9H4Cl3NO. The van der Waals surface area contributed by atoms with Crippen molar-refractivity contribution in [2.24, 2.45) is 0 Å². The second-order valence-corrected chi connectivity index (χ2v) is 3.97. The number of nitrogens with zero attached hydrogens (tertiary/aromatic N) is 1. The van der Waals surface area contributed by atoms with Gasteiger partial charge in [-0.15, -0.1) is 0 Å². The largest absolute Gasteiger partial charge is 0.493 e. The molecule has 14 heavy (non-hydrogen) atoms. The molecule has 0 aliphatic carbocycles. The van der Waals surface area contributed by atoms with E-state index >= 15 is 0 Å². The fourth-order valence-corrected chi connectivity index (χ4v) is 1.74. The van der Waals surface area contributed by atoms with E-state index in [1.54, 1.807) is 12.1 Å². The maximum absolute atomic E-state index is 9.20. The lowest BCUT2D eigenvalue weighted by Crippen LogP contribution is -1.82. The van der Waals surface area contributed by atoms with Gasteiger partial charge in [0, 0.05) is 11.5 Å². The van der Waals surface area contributed by atoms with E-state index < -0.39 is 0 Å². The Kier molecular flexibility index (Phi) is 2.43. The van der Waals surface area contributed by atoms with Gasteiger partial charge in [0.15, 0.2) is 0 Å². The fourth-order valence-electron chi connectivity index (χ4n) is 1.17. The molecule has 5 heteroatoms. The molecule has 0 aliphatic heterocycles. The van der Waals surface area contributed by atoms with Crippen molar-refractivity contribution >= 4 is 45.7 Å². The predicted molar refractivity (Wildman–Crippen MR) is 58.4 cm³/mol. The van der Waals surface area contributed by atoms with E-state index in [9.17, 15) is 5.11 Å². The average Bonchev–Trinajstić information content (AvgIpc) is 2.08. The summed E-state index contributed by atoms with van der Waals surface area (Å²) in [6.45, 7) is 0. The first-order valence-electron chi connectivity index (χ1n) is 3.72. The third-order valence-electron chi connectivity index (χ3n) is 1.79.